The average Bonchev–Trinajstić information content (AvgIpc) is 2.90. The summed E-state index contributed by atoms with van der Waals surface area (Å²) in [5.41, 5.74) is 0. The van der Waals surface area contributed by atoms with E-state index < -0.39 is 17.9 Å². The number of carboxylic acids is 1. The maximum Gasteiger partial charge on any atom is 0.325 e. The van der Waals surface area contributed by atoms with Crippen LogP contribution in [0.5, 0.6) is 0 Å². The number of amides is 4. The van der Waals surface area contributed by atoms with Crippen molar-refractivity contribution in [2.24, 2.45) is 5.92 Å². The summed E-state index contributed by atoms with van der Waals surface area (Å²) in [5, 5.41) is 11.0. The third-order valence-corrected chi connectivity index (χ3v) is 3.33. The van der Waals surface area contributed by atoms with Gasteiger partial charge in [-0.2, -0.15) is 0 Å². The van der Waals surface area contributed by atoms with Gasteiger partial charge in [0.05, 0.1) is 6.54 Å². The van der Waals surface area contributed by atoms with E-state index in [0.717, 1.165) is 4.90 Å². The van der Waals surface area contributed by atoms with E-state index in [1.165, 1.54) is 4.90 Å². The van der Waals surface area contributed by atoms with Gasteiger partial charge in [0.2, 0.25) is 5.91 Å². The molecule has 0 aromatic carbocycles. The second kappa shape index (κ2) is 5.25. The molecule has 2 rings (SSSR count). The normalized spacial score (nSPS) is 22.8. The van der Waals surface area contributed by atoms with E-state index in [-0.39, 0.29) is 31.3 Å². The lowest BCUT2D eigenvalue weighted by Gasteiger charge is -2.19. The number of carbonyl (C=O) groups is 4. The van der Waals surface area contributed by atoms with Gasteiger partial charge in [0.15, 0.2) is 0 Å². The number of hydrogen-bond donors (Lipinski definition) is 2. The lowest BCUT2D eigenvalue weighted by molar-refractivity contribution is -0.138. The van der Waals surface area contributed by atoms with Crippen LogP contribution in [0.15, 0.2) is 0 Å². The van der Waals surface area contributed by atoms with E-state index >= 15 is 0 Å². The molecule has 1 atom stereocenters. The summed E-state index contributed by atoms with van der Waals surface area (Å²) in [6, 6.07) is -0.556. The molecule has 8 heteroatoms. The zero-order chi connectivity index (χ0) is 14.0. The zero-order valence-corrected chi connectivity index (χ0v) is 10.3. The van der Waals surface area contributed by atoms with Crippen LogP contribution in [-0.4, -0.2) is 64.9 Å². The molecule has 104 valence electrons. The maximum atomic E-state index is 11.9. The predicted octanol–water partition coefficient (Wildman–Crippen LogP) is -1.14. The summed E-state index contributed by atoms with van der Waals surface area (Å²) in [6.45, 7) is 0.493. The van der Waals surface area contributed by atoms with Crippen LogP contribution in [0.1, 0.15) is 12.8 Å². The Balaban J connectivity index is 1.86. The Bertz CT molecular complexity index is 420. The Morgan fingerprint density at radius 1 is 1.37 bits per heavy atom. The van der Waals surface area contributed by atoms with Crippen molar-refractivity contribution in [1.82, 2.24) is 15.1 Å². The number of nitrogens with one attached hydrogen (secondary N) is 1. The van der Waals surface area contributed by atoms with E-state index in [0.29, 0.717) is 19.5 Å². The highest BCUT2D eigenvalue weighted by Gasteiger charge is 2.34. The number of urea groups is 1. The Morgan fingerprint density at radius 3 is 2.68 bits per heavy atom. The first kappa shape index (κ1) is 13.3. The molecule has 19 heavy (non-hydrogen) atoms. The van der Waals surface area contributed by atoms with Crippen molar-refractivity contribution in [3.05, 3.63) is 0 Å². The highest BCUT2D eigenvalue weighted by molar-refractivity contribution is 6.04. The number of aliphatic carboxylic acids is 1. The SMILES string of the molecule is O=C(O)CC1CCN(C(=O)CN2C(=O)CNC2=O)C1. The van der Waals surface area contributed by atoms with E-state index in [9.17, 15) is 19.2 Å². The minimum atomic E-state index is -0.881. The Morgan fingerprint density at radius 2 is 2.11 bits per heavy atom. The molecule has 4 amide bonds. The number of nitrogens with zero attached hydrogens (tertiary/aromatic N) is 2. The van der Waals surface area contributed by atoms with Gasteiger partial charge in [-0.15, -0.1) is 0 Å². The van der Waals surface area contributed by atoms with Gasteiger partial charge in [0, 0.05) is 19.5 Å². The van der Waals surface area contributed by atoms with Gasteiger partial charge in [-0.3, -0.25) is 19.3 Å². The summed E-state index contributed by atoms with van der Waals surface area (Å²) in [6.07, 6.45) is 0.672. The van der Waals surface area contributed by atoms with Crippen molar-refractivity contribution >= 4 is 23.8 Å². The molecule has 2 aliphatic rings. The van der Waals surface area contributed by atoms with Crippen molar-refractivity contribution in [2.75, 3.05) is 26.2 Å². The predicted molar refractivity (Wildman–Crippen MR) is 62.1 cm³/mol. The van der Waals surface area contributed by atoms with Crippen molar-refractivity contribution in [3.8, 4) is 0 Å². The van der Waals surface area contributed by atoms with Gasteiger partial charge in [0.25, 0.3) is 5.91 Å². The summed E-state index contributed by atoms with van der Waals surface area (Å²) in [5.74, 6) is -1.67. The standard InChI is InChI=1S/C11H15N3O5/c15-8-4-12-11(19)14(8)6-9(16)13-2-1-7(5-13)3-10(17)18/h7H,1-6H2,(H,12,19)(H,17,18). The topological polar surface area (TPSA) is 107 Å². The third kappa shape index (κ3) is 3.01. The third-order valence-electron chi connectivity index (χ3n) is 3.33. The fourth-order valence-corrected chi connectivity index (χ4v) is 2.32. The van der Waals surface area contributed by atoms with Crippen LogP contribution in [0.2, 0.25) is 0 Å². The first-order valence-electron chi connectivity index (χ1n) is 6.05. The monoisotopic (exact) mass is 269 g/mol. The molecule has 1 unspecified atom stereocenters. The van der Waals surface area contributed by atoms with Crippen molar-refractivity contribution in [1.29, 1.82) is 0 Å². The molecular formula is C11H15N3O5. The van der Waals surface area contributed by atoms with Crippen LogP contribution in [0, 0.1) is 5.92 Å². The Labute approximate surface area is 109 Å². The van der Waals surface area contributed by atoms with E-state index in [2.05, 4.69) is 5.32 Å². The molecule has 8 nitrogen and oxygen atoms in total. The van der Waals surface area contributed by atoms with Crippen LogP contribution >= 0.6 is 0 Å². The molecule has 2 saturated heterocycles. The van der Waals surface area contributed by atoms with Crippen LogP contribution in [-0.2, 0) is 14.4 Å². The Hall–Kier alpha value is -2.12. The van der Waals surface area contributed by atoms with Crippen LogP contribution < -0.4 is 5.32 Å². The van der Waals surface area contributed by atoms with Gasteiger partial charge in [0.1, 0.15) is 6.54 Å². The maximum absolute atomic E-state index is 11.9. The number of rotatable bonds is 4. The largest absolute Gasteiger partial charge is 0.481 e. The second-order valence-corrected chi connectivity index (χ2v) is 4.73. The summed E-state index contributed by atoms with van der Waals surface area (Å²) in [4.78, 5) is 47.5. The smallest absolute Gasteiger partial charge is 0.325 e. The number of carboxylic acid groups (broad SMARTS) is 1. The molecule has 2 aliphatic heterocycles. The first-order chi connectivity index (χ1) is 8.97. The molecule has 2 heterocycles. The molecule has 0 saturated carbocycles. The molecule has 2 fully saturated rings. The van der Waals surface area contributed by atoms with Crippen molar-refractivity contribution in [3.63, 3.8) is 0 Å². The quantitative estimate of drug-likeness (QED) is 0.627. The molecule has 0 aromatic heterocycles. The van der Waals surface area contributed by atoms with Crippen molar-refractivity contribution < 1.29 is 24.3 Å². The Kier molecular flexibility index (Phi) is 3.68. The second-order valence-electron chi connectivity index (χ2n) is 4.73. The molecule has 2 N–H and O–H groups in total. The summed E-state index contributed by atoms with van der Waals surface area (Å²) in [7, 11) is 0. The highest BCUT2D eigenvalue weighted by atomic mass is 16.4. The molecular weight excluding hydrogens is 254 g/mol. The van der Waals surface area contributed by atoms with Crippen LogP contribution in [0.4, 0.5) is 4.79 Å². The highest BCUT2D eigenvalue weighted by Crippen LogP contribution is 2.19. The fourth-order valence-electron chi connectivity index (χ4n) is 2.32. The van der Waals surface area contributed by atoms with Crippen molar-refractivity contribution in [2.45, 2.75) is 12.8 Å². The lowest BCUT2D eigenvalue weighted by Crippen LogP contribution is -2.42. The van der Waals surface area contributed by atoms with Crippen LogP contribution in [0.3, 0.4) is 0 Å². The number of carbonyl (C=O) groups excluding carboxylic acids is 3. The van der Waals surface area contributed by atoms with Gasteiger partial charge >= 0.3 is 12.0 Å². The molecule has 0 radical (unpaired) electrons. The minimum Gasteiger partial charge on any atom is -0.481 e. The van der Waals surface area contributed by atoms with E-state index in [4.69, 9.17) is 5.11 Å². The first-order valence-corrected chi connectivity index (χ1v) is 6.05. The van der Waals surface area contributed by atoms with Gasteiger partial charge < -0.3 is 15.3 Å². The number of hydrogen-bond acceptors (Lipinski definition) is 4. The minimum absolute atomic E-state index is 0.0346. The molecule has 0 bridgehead atoms. The zero-order valence-electron chi connectivity index (χ0n) is 10.3. The molecule has 0 spiro atoms. The van der Waals surface area contributed by atoms with E-state index in [1.807, 2.05) is 0 Å². The van der Waals surface area contributed by atoms with Gasteiger partial charge in [-0.25, -0.2) is 4.79 Å². The molecule has 0 aliphatic carbocycles. The summed E-state index contributed by atoms with van der Waals surface area (Å²) >= 11 is 0. The summed E-state index contributed by atoms with van der Waals surface area (Å²) < 4.78 is 0. The number of likely N-dealkylation sites (tertiary alicyclic amines) is 1. The van der Waals surface area contributed by atoms with Gasteiger partial charge in [-0.05, 0) is 12.3 Å². The van der Waals surface area contributed by atoms with E-state index in [1.54, 1.807) is 0 Å². The fraction of sp³-hybridized carbons (Fsp3) is 0.636. The number of imide groups is 1. The van der Waals surface area contributed by atoms with Crippen LogP contribution in [0.25, 0.3) is 0 Å². The van der Waals surface area contributed by atoms with Gasteiger partial charge in [-0.1, -0.05) is 0 Å². The average molecular weight is 269 g/mol. The lowest BCUT2D eigenvalue weighted by atomic mass is 10.1. The molecule has 0 aromatic rings.